The van der Waals surface area contributed by atoms with Gasteiger partial charge in [-0.05, 0) is 76.1 Å². The van der Waals surface area contributed by atoms with Crippen molar-refractivity contribution in [2.45, 2.75) is 51.9 Å². The van der Waals surface area contributed by atoms with Gasteiger partial charge < -0.3 is 25.0 Å². The molecule has 0 spiro atoms. The maximum Gasteiger partial charge on any atom is 0.349 e. The molecule has 2 aromatic rings. The van der Waals surface area contributed by atoms with Crippen molar-refractivity contribution in [2.75, 3.05) is 13.2 Å². The number of aliphatic hydroxyl groups is 1. The summed E-state index contributed by atoms with van der Waals surface area (Å²) in [5.41, 5.74) is 0.552. The van der Waals surface area contributed by atoms with Crippen LogP contribution in [0.3, 0.4) is 0 Å². The topological polar surface area (TPSA) is 88.0 Å². The normalized spacial score (nSPS) is 13.1. The largest absolute Gasteiger partial charge is 0.508 e. The van der Waals surface area contributed by atoms with E-state index < -0.39 is 17.7 Å². The Kier molecular flexibility index (Phi) is 10.6. The van der Waals surface area contributed by atoms with Crippen molar-refractivity contribution < 1.29 is 24.5 Å². The van der Waals surface area contributed by atoms with E-state index >= 15 is 0 Å². The van der Waals surface area contributed by atoms with Gasteiger partial charge in [-0.15, -0.1) is 12.4 Å². The molecule has 6 nitrogen and oxygen atoms in total. The molecule has 0 aliphatic carbocycles. The van der Waals surface area contributed by atoms with Crippen molar-refractivity contribution >= 4 is 30.0 Å². The Bertz CT molecular complexity index is 842. The van der Waals surface area contributed by atoms with Crippen LogP contribution < -0.4 is 10.1 Å². The molecule has 0 saturated heterocycles. The van der Waals surface area contributed by atoms with Crippen LogP contribution in [-0.2, 0) is 16.0 Å². The summed E-state index contributed by atoms with van der Waals surface area (Å²) in [4.78, 5) is 12.0. The summed E-state index contributed by atoms with van der Waals surface area (Å²) < 4.78 is 10.8. The summed E-state index contributed by atoms with van der Waals surface area (Å²) in [6.45, 7) is 7.85. The number of carbonyl (C=O) groups excluding carboxylic acids is 1. The Hall–Kier alpha value is -1.99. The van der Waals surface area contributed by atoms with Crippen LogP contribution in [0.25, 0.3) is 0 Å². The minimum atomic E-state index is -1.11. The smallest absolute Gasteiger partial charge is 0.349 e. The fourth-order valence-corrected chi connectivity index (χ4v) is 3.21. The van der Waals surface area contributed by atoms with Gasteiger partial charge >= 0.3 is 5.97 Å². The Morgan fingerprint density at radius 2 is 1.84 bits per heavy atom. The lowest BCUT2D eigenvalue weighted by Crippen LogP contribution is -2.39. The zero-order valence-electron chi connectivity index (χ0n) is 18.2. The van der Waals surface area contributed by atoms with Crippen LogP contribution >= 0.6 is 24.0 Å². The fourth-order valence-electron chi connectivity index (χ4n) is 2.94. The lowest BCUT2D eigenvalue weighted by molar-refractivity contribution is -0.158. The molecule has 0 radical (unpaired) electrons. The van der Waals surface area contributed by atoms with Gasteiger partial charge in [-0.25, -0.2) is 4.79 Å². The highest BCUT2D eigenvalue weighted by Crippen LogP contribution is 2.26. The van der Waals surface area contributed by atoms with Crippen molar-refractivity contribution in [3.8, 4) is 11.5 Å². The predicted molar refractivity (Wildman–Crippen MR) is 124 cm³/mol. The fraction of sp³-hybridized carbons (Fsp3) is 0.435. The Morgan fingerprint density at radius 1 is 1.19 bits per heavy atom. The second-order valence-corrected chi connectivity index (χ2v) is 8.02. The second-order valence-electron chi connectivity index (χ2n) is 7.62. The first-order valence-corrected chi connectivity index (χ1v) is 10.4. The number of carbonyl (C=O) groups is 1. The molecule has 172 valence electrons. The molecule has 0 aliphatic heterocycles. The number of esters is 1. The first-order valence-electron chi connectivity index (χ1n) is 9.99. The van der Waals surface area contributed by atoms with Crippen LogP contribution in [0.5, 0.6) is 11.5 Å². The quantitative estimate of drug-likeness (QED) is 0.443. The molecule has 0 unspecified atom stereocenters. The number of hydrogen-bond donors (Lipinski definition) is 3. The number of phenols is 1. The molecule has 0 aromatic heterocycles. The third kappa shape index (κ3) is 7.89. The number of benzene rings is 2. The highest BCUT2D eigenvalue weighted by molar-refractivity contribution is 6.31. The molecule has 3 N–H and O–H groups in total. The number of halogens is 2. The van der Waals surface area contributed by atoms with Crippen LogP contribution in [0.1, 0.15) is 44.9 Å². The van der Waals surface area contributed by atoms with E-state index in [4.69, 9.17) is 21.1 Å². The third-order valence-electron chi connectivity index (χ3n) is 4.73. The standard InChI is InChI=1S/C23H30ClNO5.ClH/c1-5-29-22(28)23(3,4)30-19-11-8-16(20(24)14-19)12-13-25-15(2)21(27)17-6-9-18(26)10-7-17;/h6-11,14-15,21,25-27H,5,12-13H2,1-4H3;1H/t15-,21-;/m0./s1. The average molecular weight is 472 g/mol. The number of phenolic OH excluding ortho intramolecular Hbond substituents is 1. The lowest BCUT2D eigenvalue weighted by Gasteiger charge is -2.24. The number of hydrogen-bond acceptors (Lipinski definition) is 6. The summed E-state index contributed by atoms with van der Waals surface area (Å²) in [6, 6.07) is 11.7. The van der Waals surface area contributed by atoms with Crippen LogP contribution in [0, 0.1) is 0 Å². The van der Waals surface area contributed by atoms with Crippen LogP contribution in [-0.4, -0.2) is 41.0 Å². The van der Waals surface area contributed by atoms with Crippen molar-refractivity contribution in [1.29, 1.82) is 0 Å². The first-order chi connectivity index (χ1) is 14.1. The molecule has 31 heavy (non-hydrogen) atoms. The molecular weight excluding hydrogens is 441 g/mol. The monoisotopic (exact) mass is 471 g/mol. The summed E-state index contributed by atoms with van der Waals surface area (Å²) in [7, 11) is 0. The molecule has 0 heterocycles. The summed E-state index contributed by atoms with van der Waals surface area (Å²) in [6.07, 6.45) is -0.0329. The minimum Gasteiger partial charge on any atom is -0.508 e. The molecule has 2 atom stereocenters. The van der Waals surface area contributed by atoms with Gasteiger partial charge in [0.1, 0.15) is 11.5 Å². The zero-order valence-corrected chi connectivity index (χ0v) is 19.8. The van der Waals surface area contributed by atoms with Gasteiger partial charge in [0.05, 0.1) is 12.7 Å². The Morgan fingerprint density at radius 3 is 2.42 bits per heavy atom. The van der Waals surface area contributed by atoms with E-state index in [9.17, 15) is 15.0 Å². The van der Waals surface area contributed by atoms with Gasteiger partial charge in [-0.1, -0.05) is 29.8 Å². The van der Waals surface area contributed by atoms with Crippen molar-refractivity contribution in [3.63, 3.8) is 0 Å². The molecule has 2 aromatic carbocycles. The van der Waals surface area contributed by atoms with Gasteiger partial charge in [0.15, 0.2) is 5.60 Å². The summed E-state index contributed by atoms with van der Waals surface area (Å²) in [5.74, 6) is 0.223. The zero-order chi connectivity index (χ0) is 22.3. The third-order valence-corrected chi connectivity index (χ3v) is 5.09. The van der Waals surface area contributed by atoms with Crippen molar-refractivity contribution in [3.05, 3.63) is 58.6 Å². The maximum atomic E-state index is 12.0. The van der Waals surface area contributed by atoms with Gasteiger partial charge in [0, 0.05) is 11.1 Å². The Balaban J connectivity index is 0.00000480. The van der Waals surface area contributed by atoms with Gasteiger partial charge in [0.2, 0.25) is 0 Å². The maximum absolute atomic E-state index is 12.0. The number of ether oxygens (including phenoxy) is 2. The molecular formula is C23H31Cl2NO5. The molecule has 0 fully saturated rings. The van der Waals surface area contributed by atoms with E-state index in [1.165, 1.54) is 0 Å². The summed E-state index contributed by atoms with van der Waals surface area (Å²) in [5, 5.41) is 23.6. The number of nitrogens with one attached hydrogen (secondary N) is 1. The molecule has 0 aliphatic rings. The second kappa shape index (κ2) is 12.2. The molecule has 0 amide bonds. The van der Waals surface area contributed by atoms with E-state index in [1.54, 1.807) is 57.2 Å². The van der Waals surface area contributed by atoms with Crippen molar-refractivity contribution in [2.24, 2.45) is 0 Å². The summed E-state index contributed by atoms with van der Waals surface area (Å²) >= 11 is 6.39. The molecule has 8 heteroatoms. The van der Waals surface area contributed by atoms with Crippen LogP contribution in [0.4, 0.5) is 0 Å². The van der Waals surface area contributed by atoms with E-state index in [0.29, 0.717) is 23.7 Å². The highest BCUT2D eigenvalue weighted by atomic mass is 35.5. The van der Waals surface area contributed by atoms with E-state index in [2.05, 4.69) is 5.32 Å². The number of rotatable bonds is 10. The minimum absolute atomic E-state index is 0. The van der Waals surface area contributed by atoms with Crippen molar-refractivity contribution in [1.82, 2.24) is 5.32 Å². The lowest BCUT2D eigenvalue weighted by atomic mass is 10.0. The number of aromatic hydroxyl groups is 1. The molecule has 2 rings (SSSR count). The van der Waals surface area contributed by atoms with E-state index in [-0.39, 0.29) is 30.8 Å². The van der Waals surface area contributed by atoms with Crippen LogP contribution in [0.2, 0.25) is 5.02 Å². The first kappa shape index (κ1) is 27.0. The van der Waals surface area contributed by atoms with Crippen LogP contribution in [0.15, 0.2) is 42.5 Å². The van der Waals surface area contributed by atoms with E-state index in [0.717, 1.165) is 11.1 Å². The number of aliphatic hydroxyl groups excluding tert-OH is 1. The van der Waals surface area contributed by atoms with Gasteiger partial charge in [0.25, 0.3) is 0 Å². The molecule has 0 saturated carbocycles. The van der Waals surface area contributed by atoms with Gasteiger partial charge in [-0.3, -0.25) is 0 Å². The highest BCUT2D eigenvalue weighted by Gasteiger charge is 2.31. The molecule has 0 bridgehead atoms. The average Bonchev–Trinajstić information content (AvgIpc) is 2.69. The van der Waals surface area contributed by atoms with E-state index in [1.807, 2.05) is 13.0 Å². The SMILES string of the molecule is CCOC(=O)C(C)(C)Oc1ccc(CCN[C@@H](C)[C@H](O)c2ccc(O)cc2)c(Cl)c1.Cl. The Labute approximate surface area is 194 Å². The predicted octanol–water partition coefficient (Wildman–Crippen LogP) is 4.44. The van der Waals surface area contributed by atoms with Gasteiger partial charge in [-0.2, -0.15) is 0 Å².